The number of carboxylic acid groups (broad SMARTS) is 1. The summed E-state index contributed by atoms with van der Waals surface area (Å²) in [5.74, 6) is 3.17. The number of thioether (sulfide) groups is 2. The first-order chi connectivity index (χ1) is 28.5. The molecule has 4 fully saturated rings. The molecule has 59 heavy (non-hydrogen) atoms. The molecule has 0 unspecified atom stereocenters. The number of nitrogens with one attached hydrogen (secondary N) is 5. The van der Waals surface area contributed by atoms with Gasteiger partial charge in [-0.2, -0.15) is 23.5 Å². The highest BCUT2D eigenvalue weighted by Gasteiger charge is 2.54. The molecular weight excluding hydrogens is 805 g/mol. The van der Waals surface area contributed by atoms with E-state index in [1.807, 2.05) is 6.92 Å². The highest BCUT2D eigenvalue weighted by molar-refractivity contribution is 7.99. The van der Waals surface area contributed by atoms with Crippen molar-refractivity contribution in [3.8, 4) is 0 Å². The quantitative estimate of drug-likeness (QED) is 0.0441. The molecule has 19 heteroatoms. The molecule has 4 rings (SSSR count). The summed E-state index contributed by atoms with van der Waals surface area (Å²) in [6.45, 7) is 3.92. The number of carbonyl (C=O) groups is 6. The molecule has 4 saturated carbocycles. The minimum Gasteiger partial charge on any atom is -0.480 e. The standard InChI is InChI=1S/C40H70N6O11S2/c1-2-3-6-34(47)43-9-17-58-16-5-12-56-26-33(38(51)52)46-36(49)28-57-27-35(48)42-7-13-54-14-8-44-37(50)32(41)25-55-11-4-15-59-18-10-45-39(53)40-22-29-19-30(23-40)21-31(20-29)24-40/h29-33H,2-28,41H2,1H3,(H,42,48)(H,43,47)(H,44,50)(H,45,53)(H,46,49)(H,51,52)/t29?,30?,31?,32-,33-,40?/m0/s1. The Balaban J connectivity index is 1.06. The number of aliphatic carboxylic acids is 1. The van der Waals surface area contributed by atoms with Gasteiger partial charge in [0.05, 0.1) is 26.4 Å². The number of hydrogen-bond acceptors (Lipinski definition) is 13. The number of carboxylic acids is 1. The van der Waals surface area contributed by atoms with Gasteiger partial charge in [-0.25, -0.2) is 4.79 Å². The molecule has 0 aromatic heterocycles. The van der Waals surface area contributed by atoms with Crippen LogP contribution in [0.5, 0.6) is 0 Å². The number of ether oxygens (including phenoxy) is 4. The number of unbranched alkanes of at least 4 members (excludes halogenated alkanes) is 1. The van der Waals surface area contributed by atoms with Crippen LogP contribution in [0.2, 0.25) is 0 Å². The summed E-state index contributed by atoms with van der Waals surface area (Å²) in [7, 11) is 0. The molecule has 0 heterocycles. The van der Waals surface area contributed by atoms with E-state index in [0.29, 0.717) is 39.1 Å². The van der Waals surface area contributed by atoms with E-state index in [2.05, 4.69) is 26.6 Å². The average Bonchev–Trinajstić information content (AvgIpc) is 3.19. The van der Waals surface area contributed by atoms with Gasteiger partial charge >= 0.3 is 5.97 Å². The summed E-state index contributed by atoms with van der Waals surface area (Å²) < 4.78 is 21.5. The molecule has 0 aromatic rings. The maximum atomic E-state index is 13.0. The molecule has 17 nitrogen and oxygen atoms in total. The summed E-state index contributed by atoms with van der Waals surface area (Å²) in [4.78, 5) is 72.5. The minimum atomic E-state index is -1.26. The molecule has 0 aromatic carbocycles. The van der Waals surface area contributed by atoms with Gasteiger partial charge in [0.2, 0.25) is 29.5 Å². The van der Waals surface area contributed by atoms with E-state index in [4.69, 9.17) is 24.7 Å². The van der Waals surface area contributed by atoms with E-state index < -0.39 is 43.1 Å². The molecule has 4 aliphatic carbocycles. The minimum absolute atomic E-state index is 0.0620. The first-order valence-corrected chi connectivity index (χ1v) is 23.7. The average molecular weight is 875 g/mol. The summed E-state index contributed by atoms with van der Waals surface area (Å²) >= 11 is 3.44. The third-order valence-electron chi connectivity index (χ3n) is 10.7. The Morgan fingerprint density at radius 1 is 0.661 bits per heavy atom. The lowest BCUT2D eigenvalue weighted by atomic mass is 9.49. The van der Waals surface area contributed by atoms with Crippen LogP contribution in [0.1, 0.15) is 77.6 Å². The molecule has 8 N–H and O–H groups in total. The largest absolute Gasteiger partial charge is 0.480 e. The maximum absolute atomic E-state index is 13.0. The number of amides is 5. The Morgan fingerprint density at radius 3 is 1.83 bits per heavy atom. The molecule has 338 valence electrons. The van der Waals surface area contributed by atoms with E-state index >= 15 is 0 Å². The first kappa shape index (κ1) is 50.7. The first-order valence-electron chi connectivity index (χ1n) is 21.3. The number of hydrogen-bond donors (Lipinski definition) is 7. The van der Waals surface area contributed by atoms with Gasteiger partial charge in [-0.1, -0.05) is 13.3 Å². The lowest BCUT2D eigenvalue weighted by Gasteiger charge is -2.55. The second-order valence-corrected chi connectivity index (χ2v) is 18.2. The number of nitrogens with two attached hydrogens (primary N) is 1. The van der Waals surface area contributed by atoms with Crippen LogP contribution in [-0.2, 0) is 47.7 Å². The van der Waals surface area contributed by atoms with Gasteiger partial charge in [-0.15, -0.1) is 0 Å². The normalized spacial score (nSPS) is 21.4. The third kappa shape index (κ3) is 21.1. The Kier molecular flexibility index (Phi) is 25.4. The highest BCUT2D eigenvalue weighted by Crippen LogP contribution is 2.60. The zero-order valence-electron chi connectivity index (χ0n) is 34.9. The van der Waals surface area contributed by atoms with Crippen LogP contribution >= 0.6 is 23.5 Å². The van der Waals surface area contributed by atoms with Crippen LogP contribution in [0.15, 0.2) is 0 Å². The second kappa shape index (κ2) is 29.6. The molecule has 5 amide bonds. The molecule has 2 atom stereocenters. The summed E-state index contributed by atoms with van der Waals surface area (Å²) in [6.07, 6.45) is 11.2. The Bertz CT molecular complexity index is 1260. The summed E-state index contributed by atoms with van der Waals surface area (Å²) in [6, 6.07) is -2.06. The van der Waals surface area contributed by atoms with Crippen molar-refractivity contribution in [2.24, 2.45) is 28.9 Å². The predicted octanol–water partition coefficient (Wildman–Crippen LogP) is 1.07. The smallest absolute Gasteiger partial charge is 0.328 e. The van der Waals surface area contributed by atoms with Gasteiger partial charge in [0.25, 0.3) is 0 Å². The highest BCUT2D eigenvalue weighted by atomic mass is 32.2. The number of rotatable bonds is 35. The van der Waals surface area contributed by atoms with Crippen molar-refractivity contribution in [1.82, 2.24) is 26.6 Å². The van der Waals surface area contributed by atoms with Gasteiger partial charge in [0.1, 0.15) is 19.3 Å². The van der Waals surface area contributed by atoms with Gasteiger partial charge in [0.15, 0.2) is 6.04 Å². The van der Waals surface area contributed by atoms with Crippen LogP contribution in [0, 0.1) is 23.2 Å². The molecular formula is C40H70N6O11S2. The molecule has 4 bridgehead atoms. The van der Waals surface area contributed by atoms with Crippen LogP contribution in [0.3, 0.4) is 0 Å². The zero-order chi connectivity index (χ0) is 42.7. The number of carbonyl (C=O) groups excluding carboxylic acids is 5. The third-order valence-corrected chi connectivity index (χ3v) is 12.8. The Labute approximate surface area is 358 Å². The molecule has 4 aliphatic rings. The van der Waals surface area contributed by atoms with E-state index in [9.17, 15) is 33.9 Å². The fourth-order valence-electron chi connectivity index (χ4n) is 8.16. The van der Waals surface area contributed by atoms with Crippen molar-refractivity contribution in [2.45, 2.75) is 89.6 Å². The van der Waals surface area contributed by atoms with Crippen molar-refractivity contribution < 1.29 is 52.8 Å². The molecule has 0 aliphatic heterocycles. The Morgan fingerprint density at radius 2 is 1.22 bits per heavy atom. The maximum Gasteiger partial charge on any atom is 0.328 e. The van der Waals surface area contributed by atoms with Crippen LogP contribution < -0.4 is 32.3 Å². The Hall–Kier alpha value is -2.68. The van der Waals surface area contributed by atoms with Crippen molar-refractivity contribution in [2.75, 3.05) is 102 Å². The fraction of sp³-hybridized carbons (Fsp3) is 0.850. The lowest BCUT2D eigenvalue weighted by molar-refractivity contribution is -0.146. The van der Waals surface area contributed by atoms with Crippen molar-refractivity contribution >= 4 is 59.0 Å². The van der Waals surface area contributed by atoms with E-state index in [1.165, 1.54) is 19.3 Å². The van der Waals surface area contributed by atoms with Crippen LogP contribution in [0.25, 0.3) is 0 Å². The summed E-state index contributed by atoms with van der Waals surface area (Å²) in [5, 5.41) is 23.1. The topological polar surface area (TPSA) is 246 Å². The predicted molar refractivity (Wildman–Crippen MR) is 227 cm³/mol. The molecule has 0 spiro atoms. The molecule has 0 radical (unpaired) electrons. The molecule has 0 saturated heterocycles. The van der Waals surface area contributed by atoms with Crippen LogP contribution in [0.4, 0.5) is 0 Å². The van der Waals surface area contributed by atoms with E-state index in [1.54, 1.807) is 23.5 Å². The van der Waals surface area contributed by atoms with Gasteiger partial charge < -0.3 is 56.4 Å². The van der Waals surface area contributed by atoms with Crippen molar-refractivity contribution in [3.05, 3.63) is 0 Å². The SMILES string of the molecule is CCCCC(=O)NCCSCCCOC[C@H](NC(=O)COCC(=O)NCCOCCNC(=O)[C@@H](N)COCCCSCCNC(=O)C12CC3CC(CC(C3)C1)C2)C(=O)O. The van der Waals surface area contributed by atoms with Gasteiger partial charge in [-0.3, -0.25) is 24.0 Å². The van der Waals surface area contributed by atoms with Gasteiger partial charge in [-0.05, 0) is 87.0 Å². The fourth-order valence-corrected chi connectivity index (χ4v) is 9.70. The van der Waals surface area contributed by atoms with Crippen LogP contribution in [-0.4, -0.2) is 155 Å². The lowest BCUT2D eigenvalue weighted by Crippen LogP contribution is -2.53. The van der Waals surface area contributed by atoms with Crippen molar-refractivity contribution in [1.29, 1.82) is 0 Å². The second-order valence-electron chi connectivity index (χ2n) is 15.8. The monoisotopic (exact) mass is 874 g/mol. The summed E-state index contributed by atoms with van der Waals surface area (Å²) in [5.41, 5.74) is 5.84. The van der Waals surface area contributed by atoms with E-state index in [-0.39, 0.29) is 62.7 Å². The zero-order valence-corrected chi connectivity index (χ0v) is 36.5. The van der Waals surface area contributed by atoms with Gasteiger partial charge in [0, 0.05) is 62.7 Å². The van der Waals surface area contributed by atoms with Crippen molar-refractivity contribution in [3.63, 3.8) is 0 Å². The van der Waals surface area contributed by atoms with E-state index in [0.717, 1.165) is 79.3 Å².